The zero-order valence-electron chi connectivity index (χ0n) is 7.67. The van der Waals surface area contributed by atoms with Gasteiger partial charge in [-0.25, -0.2) is 0 Å². The molecule has 2 rings (SSSR count). The molecule has 68 valence electrons. The van der Waals surface area contributed by atoms with Crippen molar-refractivity contribution >= 4 is 5.97 Å². The summed E-state index contributed by atoms with van der Waals surface area (Å²) in [7, 11) is 0. The molecular weight excluding hydrogens is 164 g/mol. The van der Waals surface area contributed by atoms with Crippen LogP contribution in [-0.4, -0.2) is 5.97 Å². The number of rotatable bonds is 2. The number of carbonyl (C=O) groups excluding carboxylic acids is 1. The Morgan fingerprint density at radius 3 is 3.08 bits per heavy atom. The van der Waals surface area contributed by atoms with E-state index in [0.717, 1.165) is 24.2 Å². The van der Waals surface area contributed by atoms with Crippen LogP contribution in [0.15, 0.2) is 18.2 Å². The zero-order chi connectivity index (χ0) is 9.26. The van der Waals surface area contributed by atoms with E-state index in [1.165, 1.54) is 5.56 Å². The first-order valence-corrected chi connectivity index (χ1v) is 4.62. The first kappa shape index (κ1) is 8.30. The van der Waals surface area contributed by atoms with E-state index >= 15 is 0 Å². The molecule has 0 amide bonds. The van der Waals surface area contributed by atoms with Gasteiger partial charge in [0.2, 0.25) is 0 Å². The van der Waals surface area contributed by atoms with Crippen LogP contribution in [0.5, 0.6) is 5.75 Å². The maximum atomic E-state index is 11.0. The van der Waals surface area contributed by atoms with Crippen molar-refractivity contribution in [3.05, 3.63) is 29.3 Å². The lowest BCUT2D eigenvalue weighted by atomic mass is 10.0. The molecule has 2 heteroatoms. The molecule has 13 heavy (non-hydrogen) atoms. The number of ether oxygens (including phenoxy) is 1. The van der Waals surface area contributed by atoms with Gasteiger partial charge >= 0.3 is 5.97 Å². The predicted octanol–water partition coefficient (Wildman–Crippen LogP) is 2.10. The van der Waals surface area contributed by atoms with Crippen LogP contribution in [0, 0.1) is 0 Å². The largest absolute Gasteiger partial charge is 0.426 e. The molecule has 0 saturated carbocycles. The van der Waals surface area contributed by atoms with Gasteiger partial charge in [-0.1, -0.05) is 25.5 Å². The Bertz CT molecular complexity index is 342. The quantitative estimate of drug-likeness (QED) is 0.509. The molecule has 1 aliphatic rings. The molecule has 1 aromatic carbocycles. The third kappa shape index (κ3) is 1.44. The van der Waals surface area contributed by atoms with Crippen LogP contribution in [0.3, 0.4) is 0 Å². The summed E-state index contributed by atoms with van der Waals surface area (Å²) in [6.45, 7) is 2.14. The molecule has 0 aromatic heterocycles. The monoisotopic (exact) mass is 176 g/mol. The van der Waals surface area contributed by atoms with Crippen LogP contribution in [0.1, 0.15) is 24.5 Å². The fourth-order valence-electron chi connectivity index (χ4n) is 1.71. The first-order valence-electron chi connectivity index (χ1n) is 4.62. The van der Waals surface area contributed by atoms with Crippen molar-refractivity contribution < 1.29 is 9.53 Å². The number of aryl methyl sites for hydroxylation is 1. The lowest BCUT2D eigenvalue weighted by molar-refractivity contribution is -0.131. The van der Waals surface area contributed by atoms with Gasteiger partial charge in [0.25, 0.3) is 0 Å². The Morgan fingerprint density at radius 2 is 2.31 bits per heavy atom. The maximum Gasteiger partial charge on any atom is 0.315 e. The molecule has 1 heterocycles. The normalized spacial score (nSPS) is 14.1. The summed E-state index contributed by atoms with van der Waals surface area (Å²) in [5.41, 5.74) is 2.35. The second-order valence-corrected chi connectivity index (χ2v) is 3.29. The minimum atomic E-state index is -0.126. The highest BCUT2D eigenvalue weighted by Gasteiger charge is 2.22. The Morgan fingerprint density at radius 1 is 1.46 bits per heavy atom. The number of esters is 1. The molecule has 0 spiro atoms. The summed E-state index contributed by atoms with van der Waals surface area (Å²) in [5.74, 6) is 0.634. The smallest absolute Gasteiger partial charge is 0.315 e. The highest BCUT2D eigenvalue weighted by molar-refractivity contribution is 5.81. The molecule has 0 fully saturated rings. The van der Waals surface area contributed by atoms with Crippen LogP contribution < -0.4 is 4.74 Å². The fourth-order valence-corrected chi connectivity index (χ4v) is 1.71. The van der Waals surface area contributed by atoms with Gasteiger partial charge in [0.1, 0.15) is 5.75 Å². The molecular formula is C11H12O2. The number of hydrogen-bond donors (Lipinski definition) is 0. The van der Waals surface area contributed by atoms with E-state index in [-0.39, 0.29) is 5.97 Å². The van der Waals surface area contributed by atoms with Crippen LogP contribution in [0.2, 0.25) is 0 Å². The second kappa shape index (κ2) is 3.21. The topological polar surface area (TPSA) is 26.3 Å². The van der Waals surface area contributed by atoms with E-state index in [4.69, 9.17) is 4.74 Å². The van der Waals surface area contributed by atoms with Gasteiger partial charge in [-0.05, 0) is 18.1 Å². The number of carbonyl (C=O) groups is 1. The summed E-state index contributed by atoms with van der Waals surface area (Å²) in [4.78, 5) is 11.0. The summed E-state index contributed by atoms with van der Waals surface area (Å²) < 4.78 is 5.05. The lowest BCUT2D eigenvalue weighted by Gasteiger charge is -2.03. The van der Waals surface area contributed by atoms with Gasteiger partial charge in [0.15, 0.2) is 0 Å². The van der Waals surface area contributed by atoms with Crippen molar-refractivity contribution in [1.82, 2.24) is 0 Å². The molecule has 2 nitrogen and oxygen atoms in total. The molecule has 0 unspecified atom stereocenters. The third-order valence-corrected chi connectivity index (χ3v) is 2.29. The van der Waals surface area contributed by atoms with Gasteiger partial charge in [0.05, 0.1) is 6.42 Å². The van der Waals surface area contributed by atoms with Crippen LogP contribution in [0.25, 0.3) is 0 Å². The van der Waals surface area contributed by atoms with Crippen molar-refractivity contribution in [3.63, 3.8) is 0 Å². The third-order valence-electron chi connectivity index (χ3n) is 2.29. The average Bonchev–Trinajstić information content (AvgIpc) is 2.47. The molecule has 0 bridgehead atoms. The highest BCUT2D eigenvalue weighted by atomic mass is 16.5. The van der Waals surface area contributed by atoms with E-state index in [1.807, 2.05) is 12.1 Å². The maximum absolute atomic E-state index is 11.0. The van der Waals surface area contributed by atoms with Crippen molar-refractivity contribution in [1.29, 1.82) is 0 Å². The van der Waals surface area contributed by atoms with Crippen molar-refractivity contribution in [3.8, 4) is 5.75 Å². The Hall–Kier alpha value is -1.31. The van der Waals surface area contributed by atoms with Crippen molar-refractivity contribution in [2.75, 3.05) is 0 Å². The number of benzene rings is 1. The zero-order valence-corrected chi connectivity index (χ0v) is 7.67. The minimum Gasteiger partial charge on any atom is -0.426 e. The summed E-state index contributed by atoms with van der Waals surface area (Å²) in [6.07, 6.45) is 2.58. The van der Waals surface area contributed by atoms with Gasteiger partial charge in [-0.15, -0.1) is 0 Å². The van der Waals surface area contributed by atoms with Gasteiger partial charge in [0, 0.05) is 5.56 Å². The van der Waals surface area contributed by atoms with Crippen LogP contribution in [-0.2, 0) is 17.6 Å². The highest BCUT2D eigenvalue weighted by Crippen LogP contribution is 2.29. The molecule has 0 N–H and O–H groups in total. The van der Waals surface area contributed by atoms with E-state index in [2.05, 4.69) is 13.0 Å². The SMILES string of the molecule is CCCc1cccc2c1CC(=O)O2. The van der Waals surface area contributed by atoms with E-state index in [1.54, 1.807) is 0 Å². The van der Waals surface area contributed by atoms with E-state index < -0.39 is 0 Å². The molecule has 0 radical (unpaired) electrons. The predicted molar refractivity (Wildman–Crippen MR) is 49.8 cm³/mol. The standard InChI is InChI=1S/C11H12O2/c1-2-4-8-5-3-6-10-9(8)7-11(12)13-10/h3,5-6H,2,4,7H2,1H3. The lowest BCUT2D eigenvalue weighted by Crippen LogP contribution is -2.00. The minimum absolute atomic E-state index is 0.126. The molecule has 1 aromatic rings. The summed E-state index contributed by atoms with van der Waals surface area (Å²) in [6, 6.07) is 5.88. The Kier molecular flexibility index (Phi) is 2.05. The molecule has 1 aliphatic heterocycles. The Balaban J connectivity index is 2.39. The fraction of sp³-hybridized carbons (Fsp3) is 0.364. The van der Waals surface area contributed by atoms with Crippen molar-refractivity contribution in [2.45, 2.75) is 26.2 Å². The molecule has 0 atom stereocenters. The molecule has 0 aliphatic carbocycles. The summed E-state index contributed by atoms with van der Waals surface area (Å²) >= 11 is 0. The van der Waals surface area contributed by atoms with Crippen LogP contribution >= 0.6 is 0 Å². The Labute approximate surface area is 77.5 Å². The number of fused-ring (bicyclic) bond motifs is 1. The average molecular weight is 176 g/mol. The van der Waals surface area contributed by atoms with Gasteiger partial charge in [-0.3, -0.25) is 4.79 Å². The van der Waals surface area contributed by atoms with Crippen molar-refractivity contribution in [2.24, 2.45) is 0 Å². The summed E-state index contributed by atoms with van der Waals surface area (Å²) in [5, 5.41) is 0. The van der Waals surface area contributed by atoms with E-state index in [0.29, 0.717) is 6.42 Å². The number of hydrogen-bond acceptors (Lipinski definition) is 2. The van der Waals surface area contributed by atoms with Crippen LogP contribution in [0.4, 0.5) is 0 Å². The van der Waals surface area contributed by atoms with Gasteiger partial charge in [-0.2, -0.15) is 0 Å². The molecule has 0 saturated heterocycles. The van der Waals surface area contributed by atoms with Gasteiger partial charge < -0.3 is 4.74 Å². The van der Waals surface area contributed by atoms with E-state index in [9.17, 15) is 4.79 Å². The second-order valence-electron chi connectivity index (χ2n) is 3.29. The first-order chi connectivity index (χ1) is 6.31.